The van der Waals surface area contributed by atoms with Crippen molar-refractivity contribution in [3.05, 3.63) is 29.3 Å². The first-order chi connectivity index (χ1) is 9.65. The molecule has 2 aliphatic rings. The Kier molecular flexibility index (Phi) is 3.85. The molecule has 5 heteroatoms. The lowest BCUT2D eigenvalue weighted by Gasteiger charge is -2.19. The second kappa shape index (κ2) is 5.62. The van der Waals surface area contributed by atoms with E-state index >= 15 is 0 Å². The highest BCUT2D eigenvalue weighted by atomic mass is 35.5. The Morgan fingerprint density at radius 2 is 2.15 bits per heavy atom. The molecule has 108 valence electrons. The predicted octanol–water partition coefficient (Wildman–Crippen LogP) is 1.91. The number of hydrogen-bond donors (Lipinski definition) is 1. The summed E-state index contributed by atoms with van der Waals surface area (Å²) < 4.78 is 5.51. The molecule has 1 heterocycles. The minimum absolute atomic E-state index is 0.0199. The summed E-state index contributed by atoms with van der Waals surface area (Å²) in [7, 11) is 0. The second-order valence-electron chi connectivity index (χ2n) is 5.68. The lowest BCUT2D eigenvalue weighted by Crippen LogP contribution is -2.36. The molecule has 1 amide bonds. The first-order valence-electron chi connectivity index (χ1n) is 7.06. The average Bonchev–Trinajstić information content (AvgIpc) is 3.00. The van der Waals surface area contributed by atoms with Gasteiger partial charge >= 0.3 is 0 Å². The molecule has 1 aromatic carbocycles. The number of halogens is 1. The molecule has 1 saturated carbocycles. The van der Waals surface area contributed by atoms with Crippen LogP contribution in [0.4, 0.5) is 0 Å². The molecular weight excluding hydrogens is 276 g/mol. The average molecular weight is 295 g/mol. The van der Waals surface area contributed by atoms with Gasteiger partial charge in [-0.3, -0.25) is 4.79 Å². The molecule has 1 aliphatic carbocycles. The van der Waals surface area contributed by atoms with Gasteiger partial charge in [-0.2, -0.15) is 0 Å². The Balaban J connectivity index is 1.55. The van der Waals surface area contributed by atoms with Crippen LogP contribution in [0.3, 0.4) is 0 Å². The number of carbonyl (C=O) groups is 1. The number of hydrogen-bond acceptors (Lipinski definition) is 3. The first kappa shape index (κ1) is 13.7. The van der Waals surface area contributed by atoms with Crippen molar-refractivity contribution < 1.29 is 9.53 Å². The van der Waals surface area contributed by atoms with Crippen molar-refractivity contribution in [1.82, 2.24) is 4.90 Å². The minimum atomic E-state index is 0.0199. The summed E-state index contributed by atoms with van der Waals surface area (Å²) in [4.78, 5) is 14.1. The zero-order valence-corrected chi connectivity index (χ0v) is 12.1. The normalized spacial score (nSPS) is 28.5. The molecule has 0 bridgehead atoms. The molecule has 3 rings (SSSR count). The highest BCUT2D eigenvalue weighted by molar-refractivity contribution is 6.32. The zero-order chi connectivity index (χ0) is 14.1. The standard InChI is InChI=1S/C15H19ClN2O2/c16-12-3-1-2-4-14(12)20-9-15(19)18-7-10-5-6-13(17)11(10)8-18/h1-4,10-11,13H,5-9,17H2. The smallest absolute Gasteiger partial charge is 0.260 e. The quantitative estimate of drug-likeness (QED) is 0.926. The first-order valence-corrected chi connectivity index (χ1v) is 7.43. The molecule has 3 atom stereocenters. The summed E-state index contributed by atoms with van der Waals surface area (Å²) in [6.07, 6.45) is 2.23. The number of rotatable bonds is 3. The predicted molar refractivity (Wildman–Crippen MR) is 77.7 cm³/mol. The number of carbonyl (C=O) groups excluding carboxylic acids is 1. The van der Waals surface area contributed by atoms with Gasteiger partial charge in [0.15, 0.2) is 6.61 Å². The van der Waals surface area contributed by atoms with Gasteiger partial charge in [0, 0.05) is 19.1 Å². The molecule has 0 spiro atoms. The number of likely N-dealkylation sites (tertiary alicyclic amines) is 1. The largest absolute Gasteiger partial charge is 0.482 e. The molecule has 3 unspecified atom stereocenters. The van der Waals surface area contributed by atoms with E-state index < -0.39 is 0 Å². The fourth-order valence-corrected chi connectivity index (χ4v) is 3.49. The van der Waals surface area contributed by atoms with Crippen LogP contribution in [0.1, 0.15) is 12.8 Å². The van der Waals surface area contributed by atoms with Gasteiger partial charge in [0.25, 0.3) is 5.91 Å². The fourth-order valence-electron chi connectivity index (χ4n) is 3.30. The summed E-state index contributed by atoms with van der Waals surface area (Å²) in [6, 6.07) is 7.44. The minimum Gasteiger partial charge on any atom is -0.482 e. The van der Waals surface area contributed by atoms with E-state index in [0.717, 1.165) is 25.9 Å². The number of fused-ring (bicyclic) bond motifs is 1. The SMILES string of the molecule is NC1CCC2CN(C(=O)COc3ccccc3Cl)CC12. The van der Waals surface area contributed by atoms with Crippen molar-refractivity contribution in [1.29, 1.82) is 0 Å². The molecule has 4 nitrogen and oxygen atoms in total. The van der Waals surface area contributed by atoms with E-state index in [4.69, 9.17) is 22.1 Å². The van der Waals surface area contributed by atoms with E-state index in [-0.39, 0.29) is 18.6 Å². The van der Waals surface area contributed by atoms with E-state index in [1.165, 1.54) is 0 Å². The van der Waals surface area contributed by atoms with Crippen molar-refractivity contribution in [3.8, 4) is 5.75 Å². The van der Waals surface area contributed by atoms with Crippen molar-refractivity contribution in [3.63, 3.8) is 0 Å². The molecule has 2 fully saturated rings. The number of nitrogens with zero attached hydrogens (tertiary/aromatic N) is 1. The van der Waals surface area contributed by atoms with Crippen molar-refractivity contribution in [2.24, 2.45) is 17.6 Å². The van der Waals surface area contributed by atoms with Crippen molar-refractivity contribution >= 4 is 17.5 Å². The number of nitrogens with two attached hydrogens (primary N) is 1. The third-order valence-electron chi connectivity index (χ3n) is 4.45. The van der Waals surface area contributed by atoms with Gasteiger partial charge in [-0.15, -0.1) is 0 Å². The Hall–Kier alpha value is -1.26. The molecule has 1 saturated heterocycles. The zero-order valence-electron chi connectivity index (χ0n) is 11.3. The van der Waals surface area contributed by atoms with E-state index in [9.17, 15) is 4.79 Å². The maximum absolute atomic E-state index is 12.2. The van der Waals surface area contributed by atoms with Gasteiger partial charge in [0.05, 0.1) is 5.02 Å². The Morgan fingerprint density at radius 1 is 1.35 bits per heavy atom. The number of para-hydroxylation sites is 1. The molecule has 0 radical (unpaired) electrons. The van der Waals surface area contributed by atoms with E-state index in [0.29, 0.717) is 22.6 Å². The van der Waals surface area contributed by atoms with Gasteiger partial charge in [-0.05, 0) is 36.8 Å². The number of benzene rings is 1. The van der Waals surface area contributed by atoms with Gasteiger partial charge in [0.2, 0.25) is 0 Å². The number of amides is 1. The summed E-state index contributed by atoms with van der Waals surface area (Å²) in [6.45, 7) is 1.64. The van der Waals surface area contributed by atoms with Gasteiger partial charge in [0.1, 0.15) is 5.75 Å². The molecule has 0 aromatic heterocycles. The highest BCUT2D eigenvalue weighted by Gasteiger charge is 2.42. The summed E-state index contributed by atoms with van der Waals surface area (Å²) >= 11 is 6.00. The Labute approximate surface area is 123 Å². The van der Waals surface area contributed by atoms with Crippen LogP contribution in [0.5, 0.6) is 5.75 Å². The fraction of sp³-hybridized carbons (Fsp3) is 0.533. The molecular formula is C15H19ClN2O2. The van der Waals surface area contributed by atoms with Crippen LogP contribution in [-0.4, -0.2) is 36.5 Å². The van der Waals surface area contributed by atoms with Gasteiger partial charge in [-0.1, -0.05) is 23.7 Å². The van der Waals surface area contributed by atoms with Crippen LogP contribution < -0.4 is 10.5 Å². The summed E-state index contributed by atoms with van der Waals surface area (Å²) in [5, 5.41) is 0.528. The number of ether oxygens (including phenoxy) is 1. The van der Waals surface area contributed by atoms with Crippen LogP contribution in [0.25, 0.3) is 0 Å². The third-order valence-corrected chi connectivity index (χ3v) is 4.77. The van der Waals surface area contributed by atoms with E-state index in [2.05, 4.69) is 0 Å². The van der Waals surface area contributed by atoms with Gasteiger partial charge in [-0.25, -0.2) is 0 Å². The lowest BCUT2D eigenvalue weighted by atomic mass is 9.98. The maximum Gasteiger partial charge on any atom is 0.260 e. The Morgan fingerprint density at radius 3 is 2.90 bits per heavy atom. The van der Waals surface area contributed by atoms with Crippen LogP contribution in [0.15, 0.2) is 24.3 Å². The lowest BCUT2D eigenvalue weighted by molar-refractivity contribution is -0.132. The Bertz CT molecular complexity index is 508. The van der Waals surface area contributed by atoms with Crippen molar-refractivity contribution in [2.45, 2.75) is 18.9 Å². The monoisotopic (exact) mass is 294 g/mol. The summed E-state index contributed by atoms with van der Waals surface area (Å²) in [5.41, 5.74) is 6.08. The van der Waals surface area contributed by atoms with Gasteiger partial charge < -0.3 is 15.4 Å². The summed E-state index contributed by atoms with van der Waals surface area (Å²) in [5.74, 6) is 1.62. The van der Waals surface area contributed by atoms with E-state index in [1.807, 2.05) is 17.0 Å². The molecule has 1 aliphatic heterocycles. The molecule has 20 heavy (non-hydrogen) atoms. The molecule has 1 aromatic rings. The van der Waals surface area contributed by atoms with Crippen molar-refractivity contribution in [2.75, 3.05) is 19.7 Å². The van der Waals surface area contributed by atoms with Crippen LogP contribution >= 0.6 is 11.6 Å². The topological polar surface area (TPSA) is 55.6 Å². The van der Waals surface area contributed by atoms with Crippen LogP contribution in [0.2, 0.25) is 5.02 Å². The highest BCUT2D eigenvalue weighted by Crippen LogP contribution is 2.37. The third kappa shape index (κ3) is 2.63. The van der Waals surface area contributed by atoms with Crippen LogP contribution in [0, 0.1) is 11.8 Å². The van der Waals surface area contributed by atoms with Crippen LogP contribution in [-0.2, 0) is 4.79 Å². The second-order valence-corrected chi connectivity index (χ2v) is 6.09. The maximum atomic E-state index is 12.2. The van der Waals surface area contributed by atoms with E-state index in [1.54, 1.807) is 12.1 Å². The molecule has 2 N–H and O–H groups in total.